The van der Waals surface area contributed by atoms with Gasteiger partial charge in [-0.25, -0.2) is 9.67 Å². The van der Waals surface area contributed by atoms with Gasteiger partial charge in [0.05, 0.1) is 17.7 Å². The van der Waals surface area contributed by atoms with Crippen molar-refractivity contribution in [1.82, 2.24) is 14.8 Å². The highest BCUT2D eigenvalue weighted by Gasteiger charge is 2.47. The summed E-state index contributed by atoms with van der Waals surface area (Å²) in [5.41, 5.74) is 0.643. The summed E-state index contributed by atoms with van der Waals surface area (Å²) in [5.74, 6) is -1.14. The van der Waals surface area contributed by atoms with Gasteiger partial charge in [-0.05, 0) is 18.6 Å². The number of benzene rings is 1. The summed E-state index contributed by atoms with van der Waals surface area (Å²) >= 11 is 12.3. The van der Waals surface area contributed by atoms with Crippen molar-refractivity contribution in [2.45, 2.75) is 37.9 Å². The highest BCUT2D eigenvalue weighted by molar-refractivity contribution is 6.35. The van der Waals surface area contributed by atoms with E-state index in [1.807, 2.05) is 6.92 Å². The minimum Gasteiger partial charge on any atom is -0.390 e. The van der Waals surface area contributed by atoms with Crippen LogP contribution in [0.25, 0.3) is 0 Å². The van der Waals surface area contributed by atoms with Gasteiger partial charge in [-0.2, -0.15) is 5.10 Å². The van der Waals surface area contributed by atoms with E-state index in [1.165, 1.54) is 6.33 Å². The number of nitrogens with zero attached hydrogens (tertiary/aromatic N) is 3. The second kappa shape index (κ2) is 6.75. The summed E-state index contributed by atoms with van der Waals surface area (Å²) in [5, 5.41) is 15.1. The van der Waals surface area contributed by atoms with Crippen LogP contribution >= 0.6 is 23.2 Å². The van der Waals surface area contributed by atoms with Crippen LogP contribution in [0.2, 0.25) is 10.0 Å². The minimum atomic E-state index is -1.14. The van der Waals surface area contributed by atoms with Gasteiger partial charge in [0, 0.05) is 10.6 Å². The molecule has 3 rings (SSSR count). The fraction of sp³-hybridized carbons (Fsp3) is 0.467. The molecule has 0 radical (unpaired) electrons. The third kappa shape index (κ3) is 3.36. The molecule has 3 unspecified atom stereocenters. The van der Waals surface area contributed by atoms with Crippen LogP contribution in [0.1, 0.15) is 18.9 Å². The van der Waals surface area contributed by atoms with Gasteiger partial charge in [0.15, 0.2) is 0 Å². The molecule has 1 aliphatic heterocycles. The largest absolute Gasteiger partial charge is 0.390 e. The van der Waals surface area contributed by atoms with Crippen molar-refractivity contribution in [3.8, 4) is 0 Å². The normalized spacial score (nSPS) is 25.7. The minimum absolute atomic E-state index is 0.265. The fourth-order valence-electron chi connectivity index (χ4n) is 2.62. The van der Waals surface area contributed by atoms with E-state index in [0.717, 1.165) is 0 Å². The first-order valence-electron chi connectivity index (χ1n) is 7.32. The molecule has 8 heteroatoms. The number of ether oxygens (including phenoxy) is 2. The second-order valence-electron chi connectivity index (χ2n) is 5.41. The first kappa shape index (κ1) is 16.7. The second-order valence-corrected chi connectivity index (χ2v) is 6.26. The van der Waals surface area contributed by atoms with Gasteiger partial charge in [0.1, 0.15) is 25.3 Å². The van der Waals surface area contributed by atoms with Gasteiger partial charge < -0.3 is 14.6 Å². The van der Waals surface area contributed by atoms with Crippen molar-refractivity contribution >= 4 is 23.2 Å². The number of aliphatic hydroxyl groups is 1. The Bertz CT molecular complexity index is 668. The summed E-state index contributed by atoms with van der Waals surface area (Å²) in [6.45, 7) is 2.42. The van der Waals surface area contributed by atoms with Crippen LogP contribution in [-0.2, 0) is 21.8 Å². The molecule has 1 saturated heterocycles. The third-order valence-corrected chi connectivity index (χ3v) is 4.40. The Labute approximate surface area is 143 Å². The van der Waals surface area contributed by atoms with Crippen molar-refractivity contribution in [2.75, 3.05) is 6.61 Å². The molecule has 0 spiro atoms. The number of hydrogen-bond acceptors (Lipinski definition) is 5. The first-order valence-corrected chi connectivity index (χ1v) is 8.07. The highest BCUT2D eigenvalue weighted by Crippen LogP contribution is 2.41. The van der Waals surface area contributed by atoms with Crippen molar-refractivity contribution < 1.29 is 14.6 Å². The zero-order valence-corrected chi connectivity index (χ0v) is 14.0. The zero-order valence-electron chi connectivity index (χ0n) is 12.5. The van der Waals surface area contributed by atoms with Gasteiger partial charge in [-0.15, -0.1) is 0 Å². The van der Waals surface area contributed by atoms with Crippen molar-refractivity contribution in [3.05, 3.63) is 46.5 Å². The van der Waals surface area contributed by atoms with Crippen molar-refractivity contribution in [2.24, 2.45) is 0 Å². The molecule has 2 aromatic rings. The smallest absolute Gasteiger partial charge is 0.217 e. The maximum absolute atomic E-state index is 10.1. The predicted molar refractivity (Wildman–Crippen MR) is 85.3 cm³/mol. The van der Waals surface area contributed by atoms with Crippen LogP contribution in [0.15, 0.2) is 30.9 Å². The lowest BCUT2D eigenvalue weighted by Gasteiger charge is -2.29. The average molecular weight is 358 g/mol. The molecule has 1 aliphatic rings. The van der Waals surface area contributed by atoms with E-state index in [2.05, 4.69) is 10.1 Å². The number of aromatic nitrogens is 3. The molecule has 0 amide bonds. The number of halogens is 2. The maximum atomic E-state index is 10.1. The number of hydrogen-bond donors (Lipinski definition) is 1. The molecule has 1 N–H and O–H groups in total. The van der Waals surface area contributed by atoms with E-state index >= 15 is 0 Å². The Kier molecular flexibility index (Phi) is 4.89. The van der Waals surface area contributed by atoms with Crippen LogP contribution < -0.4 is 0 Å². The van der Waals surface area contributed by atoms with Gasteiger partial charge in [0.25, 0.3) is 0 Å². The SMILES string of the molecule is CCC(O)C1COC(Cn2cncn2)(c2ccc(Cl)cc2Cl)O1. The lowest BCUT2D eigenvalue weighted by Crippen LogP contribution is -2.36. The quantitative estimate of drug-likeness (QED) is 0.890. The summed E-state index contributed by atoms with van der Waals surface area (Å²) < 4.78 is 13.7. The van der Waals surface area contributed by atoms with E-state index in [4.69, 9.17) is 32.7 Å². The predicted octanol–water partition coefficient (Wildman–Crippen LogP) is 2.62. The number of rotatable bonds is 5. The van der Waals surface area contributed by atoms with Gasteiger partial charge in [-0.1, -0.05) is 36.2 Å². The van der Waals surface area contributed by atoms with Gasteiger partial charge in [-0.3, -0.25) is 0 Å². The Morgan fingerprint density at radius 3 is 2.96 bits per heavy atom. The average Bonchev–Trinajstić information content (AvgIpc) is 3.17. The molecule has 3 atom stereocenters. The monoisotopic (exact) mass is 357 g/mol. The maximum Gasteiger partial charge on any atom is 0.217 e. The fourth-order valence-corrected chi connectivity index (χ4v) is 3.17. The van der Waals surface area contributed by atoms with E-state index in [-0.39, 0.29) is 13.2 Å². The standard InChI is InChI=1S/C15H17Cl2N3O3/c1-2-13(21)14-6-22-15(23-14,7-20-9-18-8-19-20)11-4-3-10(16)5-12(11)17/h3-5,8-9,13-14,21H,2,6-7H2,1H3. The first-order chi connectivity index (χ1) is 11.0. The van der Waals surface area contributed by atoms with Crippen molar-refractivity contribution in [3.63, 3.8) is 0 Å². The molecule has 1 aromatic carbocycles. The Hall–Kier alpha value is -1.18. The van der Waals surface area contributed by atoms with Crippen LogP contribution in [-0.4, -0.2) is 38.7 Å². The van der Waals surface area contributed by atoms with Crippen LogP contribution in [0.3, 0.4) is 0 Å². The van der Waals surface area contributed by atoms with E-state index in [0.29, 0.717) is 22.0 Å². The molecule has 0 aliphatic carbocycles. The summed E-state index contributed by atoms with van der Waals surface area (Å²) in [6.07, 6.45) is 2.53. The molecule has 0 saturated carbocycles. The van der Waals surface area contributed by atoms with Gasteiger partial charge >= 0.3 is 0 Å². The van der Waals surface area contributed by atoms with E-state index in [1.54, 1.807) is 29.2 Å². The topological polar surface area (TPSA) is 69.4 Å². The summed E-state index contributed by atoms with van der Waals surface area (Å²) in [6, 6.07) is 5.13. The van der Waals surface area contributed by atoms with E-state index in [9.17, 15) is 5.11 Å². The molecule has 0 bridgehead atoms. The lowest BCUT2D eigenvalue weighted by atomic mass is 10.1. The molecule has 1 fully saturated rings. The molecule has 2 heterocycles. The van der Waals surface area contributed by atoms with E-state index < -0.39 is 18.0 Å². The Morgan fingerprint density at radius 2 is 2.30 bits per heavy atom. The molecular weight excluding hydrogens is 341 g/mol. The van der Waals surface area contributed by atoms with Gasteiger partial charge in [0.2, 0.25) is 5.79 Å². The third-order valence-electron chi connectivity index (χ3n) is 3.85. The van der Waals surface area contributed by atoms with Crippen LogP contribution in [0, 0.1) is 0 Å². The summed E-state index contributed by atoms with van der Waals surface area (Å²) in [4.78, 5) is 3.93. The van der Waals surface area contributed by atoms with Crippen LogP contribution in [0.4, 0.5) is 0 Å². The zero-order chi connectivity index (χ0) is 16.4. The highest BCUT2D eigenvalue weighted by atomic mass is 35.5. The molecule has 6 nitrogen and oxygen atoms in total. The molecular formula is C15H17Cl2N3O3. The lowest BCUT2D eigenvalue weighted by molar-refractivity contribution is -0.197. The molecule has 1 aromatic heterocycles. The molecule has 23 heavy (non-hydrogen) atoms. The molecule has 124 valence electrons. The van der Waals surface area contributed by atoms with Crippen LogP contribution in [0.5, 0.6) is 0 Å². The summed E-state index contributed by atoms with van der Waals surface area (Å²) in [7, 11) is 0. The Balaban J connectivity index is 1.97. The Morgan fingerprint density at radius 1 is 1.48 bits per heavy atom. The number of aliphatic hydroxyl groups excluding tert-OH is 1. The van der Waals surface area contributed by atoms with Crippen molar-refractivity contribution in [1.29, 1.82) is 0 Å².